The summed E-state index contributed by atoms with van der Waals surface area (Å²) in [7, 11) is -1.49. The second-order valence-electron chi connectivity index (χ2n) is 3.01. The van der Waals surface area contributed by atoms with Crippen molar-refractivity contribution in [3.8, 4) is 12.3 Å². The van der Waals surface area contributed by atoms with E-state index in [0.29, 0.717) is 5.59 Å². The SMILES string of the molecule is C#Cc1cccc2[nH]c(B(O)O)cc12. The molecule has 4 heteroatoms. The van der Waals surface area contributed by atoms with Crippen molar-refractivity contribution in [1.82, 2.24) is 4.98 Å². The molecule has 0 atom stereocenters. The van der Waals surface area contributed by atoms with Crippen LogP contribution in [0, 0.1) is 12.3 Å². The van der Waals surface area contributed by atoms with Crippen LogP contribution in [-0.4, -0.2) is 22.2 Å². The second kappa shape index (κ2) is 3.22. The van der Waals surface area contributed by atoms with Gasteiger partial charge in [-0.3, -0.25) is 0 Å². The summed E-state index contributed by atoms with van der Waals surface area (Å²) in [4.78, 5) is 2.87. The first-order valence-electron chi connectivity index (χ1n) is 4.17. The lowest BCUT2D eigenvalue weighted by Gasteiger charge is -1.91. The summed E-state index contributed by atoms with van der Waals surface area (Å²) >= 11 is 0. The van der Waals surface area contributed by atoms with Gasteiger partial charge in [0.05, 0.1) is 0 Å². The van der Waals surface area contributed by atoms with E-state index in [2.05, 4.69) is 10.9 Å². The first-order chi connectivity index (χ1) is 6.72. The Morgan fingerprint density at radius 2 is 2.14 bits per heavy atom. The molecule has 0 fully saturated rings. The maximum atomic E-state index is 8.96. The smallest absolute Gasteiger partial charge is 0.422 e. The topological polar surface area (TPSA) is 56.2 Å². The number of aromatic nitrogens is 1. The minimum Gasteiger partial charge on any atom is -0.422 e. The average molecular weight is 185 g/mol. The van der Waals surface area contributed by atoms with Crippen molar-refractivity contribution in [3.05, 3.63) is 29.8 Å². The Morgan fingerprint density at radius 1 is 1.36 bits per heavy atom. The lowest BCUT2D eigenvalue weighted by Crippen LogP contribution is -2.30. The van der Waals surface area contributed by atoms with Crippen molar-refractivity contribution in [2.45, 2.75) is 0 Å². The van der Waals surface area contributed by atoms with Crippen LogP contribution in [0.15, 0.2) is 24.3 Å². The fourth-order valence-electron chi connectivity index (χ4n) is 1.44. The van der Waals surface area contributed by atoms with E-state index in [1.54, 1.807) is 6.07 Å². The molecule has 2 aromatic rings. The molecule has 0 aliphatic heterocycles. The molecule has 3 N–H and O–H groups in total. The maximum absolute atomic E-state index is 8.96. The molecule has 1 heterocycles. The molecular weight excluding hydrogens is 177 g/mol. The minimum atomic E-state index is -1.49. The van der Waals surface area contributed by atoms with Gasteiger partial charge < -0.3 is 15.0 Å². The van der Waals surface area contributed by atoms with Gasteiger partial charge in [-0.2, -0.15) is 0 Å². The van der Waals surface area contributed by atoms with E-state index in [4.69, 9.17) is 16.5 Å². The zero-order valence-corrected chi connectivity index (χ0v) is 7.36. The Balaban J connectivity index is 2.72. The third-order valence-electron chi connectivity index (χ3n) is 2.12. The molecule has 14 heavy (non-hydrogen) atoms. The van der Waals surface area contributed by atoms with E-state index in [9.17, 15) is 0 Å². The fourth-order valence-corrected chi connectivity index (χ4v) is 1.44. The number of H-pyrrole nitrogens is 1. The summed E-state index contributed by atoms with van der Waals surface area (Å²) in [5, 5.41) is 18.8. The van der Waals surface area contributed by atoms with E-state index < -0.39 is 7.12 Å². The van der Waals surface area contributed by atoms with E-state index in [1.807, 2.05) is 18.2 Å². The minimum absolute atomic E-state index is 0.350. The van der Waals surface area contributed by atoms with Gasteiger partial charge in [0.1, 0.15) is 0 Å². The van der Waals surface area contributed by atoms with Gasteiger partial charge in [0.25, 0.3) is 0 Å². The molecule has 2 rings (SSSR count). The van der Waals surface area contributed by atoms with Gasteiger partial charge in [0.15, 0.2) is 0 Å². The molecule has 0 aliphatic carbocycles. The van der Waals surface area contributed by atoms with Gasteiger partial charge in [0, 0.05) is 22.1 Å². The molecular formula is C10H8BNO2. The van der Waals surface area contributed by atoms with Gasteiger partial charge in [-0.25, -0.2) is 0 Å². The average Bonchev–Trinajstić information content (AvgIpc) is 2.60. The highest BCUT2D eigenvalue weighted by molar-refractivity contribution is 6.58. The Bertz CT molecular complexity index is 510. The van der Waals surface area contributed by atoms with Crippen LogP contribution in [0.4, 0.5) is 0 Å². The van der Waals surface area contributed by atoms with Gasteiger partial charge in [-0.15, -0.1) is 6.42 Å². The van der Waals surface area contributed by atoms with Crippen LogP contribution >= 0.6 is 0 Å². The summed E-state index contributed by atoms with van der Waals surface area (Å²) in [5.41, 5.74) is 1.90. The molecule has 0 amide bonds. The van der Waals surface area contributed by atoms with Crippen molar-refractivity contribution in [1.29, 1.82) is 0 Å². The molecule has 0 aliphatic rings. The van der Waals surface area contributed by atoms with Crippen LogP contribution in [0.3, 0.4) is 0 Å². The van der Waals surface area contributed by atoms with Crippen LogP contribution < -0.4 is 5.59 Å². The molecule has 0 saturated heterocycles. The zero-order chi connectivity index (χ0) is 10.1. The van der Waals surface area contributed by atoms with Crippen molar-refractivity contribution >= 4 is 23.6 Å². The fraction of sp³-hybridized carbons (Fsp3) is 0. The van der Waals surface area contributed by atoms with Crippen LogP contribution in [0.1, 0.15) is 5.56 Å². The number of fused-ring (bicyclic) bond motifs is 1. The molecule has 0 unspecified atom stereocenters. The Labute approximate surface area is 81.5 Å². The molecule has 3 nitrogen and oxygen atoms in total. The Hall–Kier alpha value is -1.70. The lowest BCUT2D eigenvalue weighted by atomic mass is 9.86. The quantitative estimate of drug-likeness (QED) is 0.426. The Kier molecular flexibility index (Phi) is 2.04. The van der Waals surface area contributed by atoms with Crippen LogP contribution in [-0.2, 0) is 0 Å². The number of hydrogen-bond donors (Lipinski definition) is 3. The molecule has 0 bridgehead atoms. The normalized spacial score (nSPS) is 10.1. The summed E-state index contributed by atoms with van der Waals surface area (Å²) in [6.07, 6.45) is 5.31. The summed E-state index contributed by atoms with van der Waals surface area (Å²) in [6.45, 7) is 0. The van der Waals surface area contributed by atoms with Crippen molar-refractivity contribution in [2.75, 3.05) is 0 Å². The van der Waals surface area contributed by atoms with Crippen molar-refractivity contribution in [2.24, 2.45) is 0 Å². The molecule has 0 saturated carbocycles. The first-order valence-corrected chi connectivity index (χ1v) is 4.17. The summed E-state index contributed by atoms with van der Waals surface area (Å²) in [5.74, 6) is 2.54. The van der Waals surface area contributed by atoms with Gasteiger partial charge in [0.2, 0.25) is 0 Å². The third-order valence-corrected chi connectivity index (χ3v) is 2.12. The number of hydrogen-bond acceptors (Lipinski definition) is 2. The number of nitrogens with one attached hydrogen (secondary N) is 1. The van der Waals surface area contributed by atoms with Gasteiger partial charge in [-0.05, 0) is 18.2 Å². The summed E-state index contributed by atoms with van der Waals surface area (Å²) in [6, 6.07) is 7.11. The number of terminal acetylenes is 1. The molecule has 0 radical (unpaired) electrons. The van der Waals surface area contributed by atoms with Crippen LogP contribution in [0.25, 0.3) is 10.9 Å². The predicted molar refractivity (Wildman–Crippen MR) is 56.1 cm³/mol. The highest BCUT2D eigenvalue weighted by atomic mass is 16.4. The monoisotopic (exact) mass is 185 g/mol. The van der Waals surface area contributed by atoms with Crippen molar-refractivity contribution < 1.29 is 10.0 Å². The zero-order valence-electron chi connectivity index (χ0n) is 7.36. The first kappa shape index (κ1) is 8.88. The van der Waals surface area contributed by atoms with E-state index >= 15 is 0 Å². The molecule has 1 aromatic heterocycles. The van der Waals surface area contributed by atoms with E-state index in [1.165, 1.54) is 0 Å². The van der Waals surface area contributed by atoms with Crippen molar-refractivity contribution in [3.63, 3.8) is 0 Å². The predicted octanol–water partition coefficient (Wildman–Crippen LogP) is -0.171. The molecule has 68 valence electrons. The van der Waals surface area contributed by atoms with Gasteiger partial charge in [-0.1, -0.05) is 12.0 Å². The molecule has 1 aromatic carbocycles. The molecule has 0 spiro atoms. The lowest BCUT2D eigenvalue weighted by molar-refractivity contribution is 0.424. The third kappa shape index (κ3) is 1.29. The van der Waals surface area contributed by atoms with Crippen LogP contribution in [0.5, 0.6) is 0 Å². The highest BCUT2D eigenvalue weighted by Gasteiger charge is 2.14. The largest absolute Gasteiger partial charge is 0.505 e. The standard InChI is InChI=1S/C10H8BNO2/c1-2-7-4-3-5-9-8(7)6-10(12-9)11(13)14/h1,3-6,12-14H. The van der Waals surface area contributed by atoms with Gasteiger partial charge >= 0.3 is 7.12 Å². The highest BCUT2D eigenvalue weighted by Crippen LogP contribution is 2.15. The van der Waals surface area contributed by atoms with E-state index in [-0.39, 0.29) is 0 Å². The summed E-state index contributed by atoms with van der Waals surface area (Å²) < 4.78 is 0. The Morgan fingerprint density at radius 3 is 2.79 bits per heavy atom. The van der Waals surface area contributed by atoms with Crippen LogP contribution in [0.2, 0.25) is 0 Å². The second-order valence-corrected chi connectivity index (χ2v) is 3.01. The maximum Gasteiger partial charge on any atom is 0.505 e. The number of aromatic amines is 1. The number of rotatable bonds is 1. The van der Waals surface area contributed by atoms with E-state index in [0.717, 1.165) is 16.5 Å². The number of benzene rings is 1.